The van der Waals surface area contributed by atoms with E-state index in [1.54, 1.807) is 0 Å². The Balaban J connectivity index is 3.25. The molecule has 0 aliphatic rings. The topological polar surface area (TPSA) is 20.2 Å². The van der Waals surface area contributed by atoms with Gasteiger partial charge >= 0.3 is 0 Å². The van der Waals surface area contributed by atoms with Crippen molar-refractivity contribution in [2.45, 2.75) is 0 Å². The molecule has 1 N–H and O–H groups in total. The first kappa shape index (κ1) is 6.14. The molecule has 1 nitrogen and oxygen atoms in total. The lowest BCUT2D eigenvalue weighted by Gasteiger charge is -1.96. The van der Waals surface area contributed by atoms with Crippen LogP contribution in [-0.4, -0.2) is 13.0 Å². The molecule has 0 aliphatic heterocycles. The van der Waals surface area contributed by atoms with E-state index in [9.17, 15) is 4.39 Å². The molecule has 0 spiro atoms. The normalized spacial score (nSPS) is 9.44. The lowest BCUT2D eigenvalue weighted by Crippen LogP contribution is -2.07. The van der Waals surface area contributed by atoms with Gasteiger partial charge in [0.15, 0.2) is 0 Å². The molecule has 1 aromatic carbocycles. The quantitative estimate of drug-likeness (QED) is 0.474. The van der Waals surface area contributed by atoms with Crippen LogP contribution in [0.5, 0.6) is 5.75 Å². The fourth-order valence-corrected chi connectivity index (χ4v) is 0.596. The first-order chi connectivity index (χ1) is 4.22. The van der Waals surface area contributed by atoms with E-state index in [-0.39, 0.29) is 11.6 Å². The van der Waals surface area contributed by atoms with Gasteiger partial charge in [-0.3, -0.25) is 0 Å². The van der Waals surface area contributed by atoms with Gasteiger partial charge < -0.3 is 5.11 Å². The highest BCUT2D eigenvalue weighted by Gasteiger charge is 1.98. The minimum atomic E-state index is -0.366. The summed E-state index contributed by atoms with van der Waals surface area (Å²) in [4.78, 5) is 0. The van der Waals surface area contributed by atoms with E-state index in [0.29, 0.717) is 5.46 Å². The van der Waals surface area contributed by atoms with Crippen LogP contribution in [0.2, 0.25) is 0 Å². The van der Waals surface area contributed by atoms with Crippen LogP contribution in [0.4, 0.5) is 4.39 Å². The second kappa shape index (κ2) is 2.09. The molecule has 0 fully saturated rings. The van der Waals surface area contributed by atoms with Gasteiger partial charge in [0.25, 0.3) is 0 Å². The van der Waals surface area contributed by atoms with Crippen molar-refractivity contribution < 1.29 is 9.50 Å². The molecule has 3 heteroatoms. The Labute approximate surface area is 53.5 Å². The lowest BCUT2D eigenvalue weighted by atomic mass is 9.95. The van der Waals surface area contributed by atoms with Crippen LogP contribution in [-0.2, 0) is 0 Å². The first-order valence-electron chi connectivity index (χ1n) is 2.66. The number of benzene rings is 1. The number of aromatic hydroxyl groups is 1. The summed E-state index contributed by atoms with van der Waals surface area (Å²) in [7, 11) is 1.53. The number of halogens is 1. The molecule has 0 bridgehead atoms. The molecule has 1 aromatic rings. The SMILES string of the molecule is Bc1c(O)cccc1F. The molecular formula is C6H6BFO. The minimum Gasteiger partial charge on any atom is -0.508 e. The second-order valence-corrected chi connectivity index (χ2v) is 1.88. The predicted octanol–water partition coefficient (Wildman–Crippen LogP) is -0.210. The molecule has 0 saturated carbocycles. The zero-order valence-electron chi connectivity index (χ0n) is 5.06. The van der Waals surface area contributed by atoms with Crippen LogP contribution in [0.25, 0.3) is 0 Å². The Morgan fingerprint density at radius 2 is 2.11 bits per heavy atom. The lowest BCUT2D eigenvalue weighted by molar-refractivity contribution is 0.475. The average Bonchev–Trinajstić information content (AvgIpc) is 1.83. The maximum absolute atomic E-state index is 12.4. The number of hydrogen-bond acceptors (Lipinski definition) is 1. The number of phenolic OH excluding ortho intramolecular Hbond substituents is 1. The minimum absolute atomic E-state index is 0.00926. The Morgan fingerprint density at radius 1 is 1.44 bits per heavy atom. The van der Waals surface area contributed by atoms with Crippen molar-refractivity contribution in [2.75, 3.05) is 0 Å². The predicted molar refractivity (Wildman–Crippen MR) is 36.2 cm³/mol. The summed E-state index contributed by atoms with van der Waals surface area (Å²) in [6.07, 6.45) is 0. The fourth-order valence-electron chi connectivity index (χ4n) is 0.596. The largest absolute Gasteiger partial charge is 0.508 e. The Kier molecular flexibility index (Phi) is 1.43. The van der Waals surface area contributed by atoms with Crippen LogP contribution in [0.15, 0.2) is 18.2 Å². The van der Waals surface area contributed by atoms with Gasteiger partial charge in [-0.25, -0.2) is 4.39 Å². The molecule has 0 unspecified atom stereocenters. The molecule has 0 aliphatic carbocycles. The summed E-state index contributed by atoms with van der Waals surface area (Å²) in [5.41, 5.74) is 0.303. The van der Waals surface area contributed by atoms with Crippen LogP contribution in [0.3, 0.4) is 0 Å². The summed E-state index contributed by atoms with van der Waals surface area (Å²) < 4.78 is 12.4. The molecule has 1 rings (SSSR count). The van der Waals surface area contributed by atoms with E-state index in [2.05, 4.69) is 0 Å². The number of rotatable bonds is 0. The van der Waals surface area contributed by atoms with Crippen molar-refractivity contribution in [3.05, 3.63) is 24.0 Å². The Bertz CT molecular complexity index is 204. The highest BCUT2D eigenvalue weighted by molar-refractivity contribution is 6.34. The van der Waals surface area contributed by atoms with Gasteiger partial charge in [0, 0.05) is 0 Å². The molecule has 0 heterocycles. The van der Waals surface area contributed by atoms with Crippen LogP contribution >= 0.6 is 0 Å². The number of hydrogen-bond donors (Lipinski definition) is 1. The van der Waals surface area contributed by atoms with Crippen LogP contribution in [0.1, 0.15) is 0 Å². The fraction of sp³-hybridized carbons (Fsp3) is 0. The van der Waals surface area contributed by atoms with Crippen LogP contribution < -0.4 is 5.46 Å². The van der Waals surface area contributed by atoms with Gasteiger partial charge in [0.2, 0.25) is 0 Å². The van der Waals surface area contributed by atoms with Crippen molar-refractivity contribution in [1.29, 1.82) is 0 Å². The standard InChI is InChI=1S/C6H6BFO/c7-6-4(8)2-1-3-5(6)9/h1-3,9H,7H2. The molecule has 9 heavy (non-hydrogen) atoms. The van der Waals surface area contributed by atoms with Crippen molar-refractivity contribution in [2.24, 2.45) is 0 Å². The molecular weight excluding hydrogens is 118 g/mol. The summed E-state index contributed by atoms with van der Waals surface area (Å²) in [5, 5.41) is 8.86. The Morgan fingerprint density at radius 3 is 2.56 bits per heavy atom. The third kappa shape index (κ3) is 1.04. The average molecular weight is 124 g/mol. The molecule has 46 valence electrons. The highest BCUT2D eigenvalue weighted by atomic mass is 19.1. The van der Waals surface area contributed by atoms with Gasteiger partial charge in [-0.1, -0.05) is 6.07 Å². The third-order valence-electron chi connectivity index (χ3n) is 1.24. The molecule has 0 saturated heterocycles. The summed E-state index contributed by atoms with van der Waals surface area (Å²) in [5.74, 6) is -0.356. The smallest absolute Gasteiger partial charge is 0.148 e. The van der Waals surface area contributed by atoms with Crippen molar-refractivity contribution >= 4 is 13.3 Å². The van der Waals surface area contributed by atoms with Gasteiger partial charge in [-0.05, 0) is 17.6 Å². The highest BCUT2D eigenvalue weighted by Crippen LogP contribution is 2.03. The van der Waals surface area contributed by atoms with E-state index in [1.807, 2.05) is 0 Å². The monoisotopic (exact) mass is 124 g/mol. The summed E-state index contributed by atoms with van der Waals surface area (Å²) in [6.45, 7) is 0. The van der Waals surface area contributed by atoms with Gasteiger partial charge in [-0.15, -0.1) is 0 Å². The number of phenols is 1. The zero-order valence-corrected chi connectivity index (χ0v) is 5.06. The van der Waals surface area contributed by atoms with E-state index >= 15 is 0 Å². The zero-order chi connectivity index (χ0) is 6.85. The van der Waals surface area contributed by atoms with Crippen molar-refractivity contribution in [3.63, 3.8) is 0 Å². The van der Waals surface area contributed by atoms with Gasteiger partial charge in [-0.2, -0.15) is 0 Å². The summed E-state index contributed by atoms with van der Waals surface area (Å²) in [6, 6.07) is 4.24. The van der Waals surface area contributed by atoms with E-state index < -0.39 is 0 Å². The van der Waals surface area contributed by atoms with E-state index in [4.69, 9.17) is 5.11 Å². The first-order valence-corrected chi connectivity index (χ1v) is 2.66. The molecule has 0 atom stereocenters. The maximum Gasteiger partial charge on any atom is 0.148 e. The second-order valence-electron chi connectivity index (χ2n) is 1.88. The van der Waals surface area contributed by atoms with Crippen molar-refractivity contribution in [1.82, 2.24) is 0 Å². The molecule has 0 amide bonds. The third-order valence-corrected chi connectivity index (χ3v) is 1.24. The summed E-state index contributed by atoms with van der Waals surface area (Å²) >= 11 is 0. The van der Waals surface area contributed by atoms with Gasteiger partial charge in [0.05, 0.1) is 0 Å². The van der Waals surface area contributed by atoms with Crippen LogP contribution in [0, 0.1) is 5.82 Å². The molecule has 0 radical (unpaired) electrons. The van der Waals surface area contributed by atoms with E-state index in [1.165, 1.54) is 26.0 Å². The molecule has 0 aromatic heterocycles. The Hall–Kier alpha value is -0.985. The maximum atomic E-state index is 12.4. The van der Waals surface area contributed by atoms with Gasteiger partial charge in [0.1, 0.15) is 19.4 Å². The van der Waals surface area contributed by atoms with Crippen molar-refractivity contribution in [3.8, 4) is 5.75 Å². The van der Waals surface area contributed by atoms with E-state index in [0.717, 1.165) is 0 Å².